The summed E-state index contributed by atoms with van der Waals surface area (Å²) in [4.78, 5) is 18.0. The first-order chi connectivity index (χ1) is 14.9. The molecule has 8 heteroatoms. The highest BCUT2D eigenvalue weighted by atomic mass is 32.2. The SMILES string of the molecule is CCS(=O)(=O)N1CCn2c(-c3ccccc3)nc(C(=O)N[C@H](C)C3CCCCC3)c2C1. The molecule has 1 atom stereocenters. The highest BCUT2D eigenvalue weighted by Gasteiger charge is 2.33. The second kappa shape index (κ2) is 9.12. The van der Waals surface area contributed by atoms with Gasteiger partial charge in [0.15, 0.2) is 5.69 Å². The van der Waals surface area contributed by atoms with E-state index in [4.69, 9.17) is 4.98 Å². The minimum absolute atomic E-state index is 0.0485. The summed E-state index contributed by atoms with van der Waals surface area (Å²) in [5.41, 5.74) is 1.95. The molecule has 1 fully saturated rings. The third kappa shape index (κ3) is 4.55. The van der Waals surface area contributed by atoms with Crippen molar-refractivity contribution in [3.8, 4) is 11.4 Å². The van der Waals surface area contributed by atoms with Crippen molar-refractivity contribution in [3.05, 3.63) is 41.7 Å². The van der Waals surface area contributed by atoms with Crippen molar-refractivity contribution < 1.29 is 13.2 Å². The molecule has 1 aliphatic heterocycles. The predicted octanol–water partition coefficient (Wildman–Crippen LogP) is 3.41. The molecular weight excluding hydrogens is 412 g/mol. The zero-order valence-corrected chi connectivity index (χ0v) is 19.2. The first kappa shape index (κ1) is 22.0. The van der Waals surface area contributed by atoms with Crippen molar-refractivity contribution in [1.82, 2.24) is 19.2 Å². The Labute approximate surface area is 184 Å². The maximum absolute atomic E-state index is 13.3. The van der Waals surface area contributed by atoms with Crippen molar-refractivity contribution in [1.29, 1.82) is 0 Å². The molecule has 1 N–H and O–H groups in total. The van der Waals surface area contributed by atoms with Crippen LogP contribution in [-0.2, 0) is 23.1 Å². The fourth-order valence-corrected chi connectivity index (χ4v) is 5.83. The number of hydrogen-bond acceptors (Lipinski definition) is 4. The molecule has 0 bridgehead atoms. The molecular formula is C23H32N4O3S. The number of imidazole rings is 1. The van der Waals surface area contributed by atoms with Gasteiger partial charge < -0.3 is 9.88 Å². The van der Waals surface area contributed by atoms with Crippen molar-refractivity contribution in [2.45, 2.75) is 65.1 Å². The summed E-state index contributed by atoms with van der Waals surface area (Å²) >= 11 is 0. The average molecular weight is 445 g/mol. The lowest BCUT2D eigenvalue weighted by molar-refractivity contribution is 0.0912. The topological polar surface area (TPSA) is 84.3 Å². The van der Waals surface area contributed by atoms with Gasteiger partial charge in [0.25, 0.3) is 5.91 Å². The van der Waals surface area contributed by atoms with Gasteiger partial charge in [-0.05, 0) is 32.6 Å². The fraction of sp³-hybridized carbons (Fsp3) is 0.565. The predicted molar refractivity (Wildman–Crippen MR) is 121 cm³/mol. The van der Waals surface area contributed by atoms with Gasteiger partial charge in [-0.3, -0.25) is 4.79 Å². The number of nitrogens with zero attached hydrogens (tertiary/aromatic N) is 3. The van der Waals surface area contributed by atoms with Gasteiger partial charge in [-0.25, -0.2) is 13.4 Å². The second-order valence-electron chi connectivity index (χ2n) is 8.64. The molecule has 1 saturated carbocycles. The summed E-state index contributed by atoms with van der Waals surface area (Å²) in [6.07, 6.45) is 5.98. The van der Waals surface area contributed by atoms with Crippen LogP contribution in [0.1, 0.15) is 62.1 Å². The number of fused-ring (bicyclic) bond motifs is 1. The third-order valence-electron chi connectivity index (χ3n) is 6.69. The Balaban J connectivity index is 1.66. The van der Waals surface area contributed by atoms with E-state index >= 15 is 0 Å². The largest absolute Gasteiger partial charge is 0.348 e. The number of sulfonamides is 1. The summed E-state index contributed by atoms with van der Waals surface area (Å²) in [5, 5.41) is 3.17. The van der Waals surface area contributed by atoms with E-state index in [-0.39, 0.29) is 24.2 Å². The van der Waals surface area contributed by atoms with Gasteiger partial charge in [-0.2, -0.15) is 4.31 Å². The summed E-state index contributed by atoms with van der Waals surface area (Å²) in [5.74, 6) is 1.05. The van der Waals surface area contributed by atoms with E-state index < -0.39 is 10.0 Å². The van der Waals surface area contributed by atoms with Gasteiger partial charge >= 0.3 is 0 Å². The number of amides is 1. The Bertz CT molecular complexity index is 1030. The maximum Gasteiger partial charge on any atom is 0.272 e. The summed E-state index contributed by atoms with van der Waals surface area (Å²) < 4.78 is 28.5. The molecule has 0 unspecified atom stereocenters. The smallest absolute Gasteiger partial charge is 0.272 e. The van der Waals surface area contributed by atoms with Crippen LogP contribution in [0.5, 0.6) is 0 Å². The number of rotatable bonds is 6. The van der Waals surface area contributed by atoms with Crippen LogP contribution in [0.25, 0.3) is 11.4 Å². The Morgan fingerprint density at radius 3 is 2.55 bits per heavy atom. The molecule has 168 valence electrons. The molecule has 7 nitrogen and oxygen atoms in total. The standard InChI is InChI=1S/C23H32N4O3S/c1-3-31(29,30)26-14-15-27-20(16-26)21(25-22(27)19-12-8-5-9-13-19)23(28)24-17(2)18-10-6-4-7-11-18/h5,8-9,12-13,17-18H,3-4,6-7,10-11,14-16H2,1-2H3,(H,24,28)/t17-/m1/s1. The molecule has 0 saturated heterocycles. The lowest BCUT2D eigenvalue weighted by Gasteiger charge is -2.29. The molecule has 2 aliphatic rings. The van der Waals surface area contributed by atoms with Crippen LogP contribution >= 0.6 is 0 Å². The third-order valence-corrected chi connectivity index (χ3v) is 8.52. The highest BCUT2D eigenvalue weighted by molar-refractivity contribution is 7.89. The fourth-order valence-electron chi connectivity index (χ4n) is 4.78. The first-order valence-corrected chi connectivity index (χ1v) is 12.9. The second-order valence-corrected chi connectivity index (χ2v) is 10.9. The van der Waals surface area contributed by atoms with Gasteiger partial charge in [0.1, 0.15) is 5.82 Å². The van der Waals surface area contributed by atoms with E-state index in [2.05, 4.69) is 12.2 Å². The molecule has 2 aromatic rings. The Kier molecular flexibility index (Phi) is 6.48. The highest BCUT2D eigenvalue weighted by Crippen LogP contribution is 2.29. The van der Waals surface area contributed by atoms with Gasteiger partial charge in [-0.1, -0.05) is 49.6 Å². The van der Waals surface area contributed by atoms with Crippen LogP contribution in [-0.4, -0.2) is 46.5 Å². The number of nitrogens with one attached hydrogen (secondary N) is 1. The summed E-state index contributed by atoms with van der Waals surface area (Å²) in [6.45, 7) is 4.77. The van der Waals surface area contributed by atoms with E-state index in [0.717, 1.165) is 24.2 Å². The van der Waals surface area contributed by atoms with Crippen molar-refractivity contribution in [3.63, 3.8) is 0 Å². The average Bonchev–Trinajstić information content (AvgIpc) is 3.19. The number of aromatic nitrogens is 2. The van der Waals surface area contributed by atoms with Gasteiger partial charge in [0.2, 0.25) is 10.0 Å². The lowest BCUT2D eigenvalue weighted by Crippen LogP contribution is -2.42. The van der Waals surface area contributed by atoms with Crippen molar-refractivity contribution >= 4 is 15.9 Å². The molecule has 1 aromatic carbocycles. The normalized spacial score (nSPS) is 19.0. The monoisotopic (exact) mass is 444 g/mol. The zero-order chi connectivity index (χ0) is 22.0. The minimum atomic E-state index is -3.34. The van der Waals surface area contributed by atoms with Crippen molar-refractivity contribution in [2.24, 2.45) is 5.92 Å². The molecule has 31 heavy (non-hydrogen) atoms. The number of hydrogen-bond donors (Lipinski definition) is 1. The van der Waals surface area contributed by atoms with E-state index in [9.17, 15) is 13.2 Å². The van der Waals surface area contributed by atoms with Crippen LogP contribution in [0.2, 0.25) is 0 Å². The molecule has 4 rings (SSSR count). The molecule has 2 heterocycles. The van der Waals surface area contributed by atoms with Gasteiger partial charge in [-0.15, -0.1) is 0 Å². The van der Waals surface area contributed by atoms with Gasteiger partial charge in [0, 0.05) is 24.7 Å². The van der Waals surface area contributed by atoms with Gasteiger partial charge in [0.05, 0.1) is 18.0 Å². The summed E-state index contributed by atoms with van der Waals surface area (Å²) in [6, 6.07) is 9.84. The lowest BCUT2D eigenvalue weighted by atomic mass is 9.84. The van der Waals surface area contributed by atoms with Crippen molar-refractivity contribution in [2.75, 3.05) is 12.3 Å². The minimum Gasteiger partial charge on any atom is -0.348 e. The van der Waals surface area contributed by atoms with E-state index in [1.807, 2.05) is 34.9 Å². The van der Waals surface area contributed by atoms with Crippen LogP contribution < -0.4 is 5.32 Å². The van der Waals surface area contributed by atoms with Crippen LogP contribution in [0.15, 0.2) is 30.3 Å². The molecule has 1 aromatic heterocycles. The number of benzene rings is 1. The number of carbonyl (C=O) groups is 1. The zero-order valence-electron chi connectivity index (χ0n) is 18.4. The first-order valence-electron chi connectivity index (χ1n) is 11.3. The molecule has 0 radical (unpaired) electrons. The Morgan fingerprint density at radius 1 is 1.16 bits per heavy atom. The summed E-state index contributed by atoms with van der Waals surface area (Å²) in [7, 11) is -3.34. The Hall–Kier alpha value is -2.19. The quantitative estimate of drug-likeness (QED) is 0.740. The van der Waals surface area contributed by atoms with Crippen LogP contribution in [0.3, 0.4) is 0 Å². The van der Waals surface area contributed by atoms with Crippen LogP contribution in [0, 0.1) is 5.92 Å². The molecule has 1 amide bonds. The molecule has 0 spiro atoms. The van der Waals surface area contributed by atoms with E-state index in [1.165, 1.54) is 23.6 Å². The van der Waals surface area contributed by atoms with Crippen LogP contribution in [0.4, 0.5) is 0 Å². The molecule has 1 aliphatic carbocycles. The number of carbonyl (C=O) groups excluding carboxylic acids is 1. The Morgan fingerprint density at radius 2 is 1.87 bits per heavy atom. The van der Waals surface area contributed by atoms with E-state index in [1.54, 1.807) is 6.92 Å². The van der Waals surface area contributed by atoms with E-state index in [0.29, 0.717) is 30.4 Å². The maximum atomic E-state index is 13.3.